The number of rotatable bonds is 8. The van der Waals surface area contributed by atoms with Gasteiger partial charge in [0, 0.05) is 23.4 Å². The second-order valence-corrected chi connectivity index (χ2v) is 11.1. The summed E-state index contributed by atoms with van der Waals surface area (Å²) in [5, 5.41) is 24.5. The van der Waals surface area contributed by atoms with Gasteiger partial charge in [0.15, 0.2) is 11.0 Å². The Morgan fingerprint density at radius 2 is 1.64 bits per heavy atom. The van der Waals surface area contributed by atoms with Gasteiger partial charge in [0.1, 0.15) is 0 Å². The second-order valence-electron chi connectivity index (χ2n) is 10.1. The minimum absolute atomic E-state index is 0.00538. The van der Waals surface area contributed by atoms with Crippen molar-refractivity contribution in [1.29, 1.82) is 0 Å². The summed E-state index contributed by atoms with van der Waals surface area (Å²) in [6.07, 6.45) is 0. The summed E-state index contributed by atoms with van der Waals surface area (Å²) in [6.45, 7) is 10.3. The molecule has 0 aliphatic carbocycles. The topological polar surface area (TPSA) is 115 Å². The van der Waals surface area contributed by atoms with E-state index in [1.165, 1.54) is 29.5 Å². The summed E-state index contributed by atoms with van der Waals surface area (Å²) in [5.41, 5.74) is 7.98. The molecular formula is C29H30N6O3S. The van der Waals surface area contributed by atoms with Gasteiger partial charge in [-0.05, 0) is 54.7 Å². The van der Waals surface area contributed by atoms with Crippen LogP contribution in [0.2, 0.25) is 0 Å². The number of hydrazone groups is 1. The third kappa shape index (κ3) is 6.77. The van der Waals surface area contributed by atoms with Crippen molar-refractivity contribution in [2.24, 2.45) is 5.10 Å². The Labute approximate surface area is 231 Å². The van der Waals surface area contributed by atoms with Crippen LogP contribution in [0.4, 0.5) is 5.69 Å². The molecule has 0 unspecified atom stereocenters. The lowest BCUT2D eigenvalue weighted by molar-refractivity contribution is -0.384. The number of nitro groups is 1. The first-order valence-corrected chi connectivity index (χ1v) is 13.4. The van der Waals surface area contributed by atoms with Gasteiger partial charge < -0.3 is 0 Å². The molecule has 200 valence electrons. The molecule has 4 aromatic rings. The highest BCUT2D eigenvalue weighted by molar-refractivity contribution is 7.99. The first-order valence-electron chi connectivity index (χ1n) is 12.4. The number of carbonyl (C=O) groups excluding carboxylic acids is 1. The summed E-state index contributed by atoms with van der Waals surface area (Å²) in [6, 6.07) is 22.4. The Bertz CT molecular complexity index is 1500. The van der Waals surface area contributed by atoms with Crippen LogP contribution in [-0.2, 0) is 10.2 Å². The number of hydrogen-bond acceptors (Lipinski definition) is 7. The number of aromatic nitrogens is 3. The summed E-state index contributed by atoms with van der Waals surface area (Å²) >= 11 is 1.26. The Hall–Kier alpha value is -4.31. The van der Waals surface area contributed by atoms with Gasteiger partial charge in [0.25, 0.3) is 11.6 Å². The van der Waals surface area contributed by atoms with E-state index < -0.39 is 4.92 Å². The van der Waals surface area contributed by atoms with Crippen LogP contribution in [0.15, 0.2) is 83.1 Å². The Morgan fingerprint density at radius 3 is 2.23 bits per heavy atom. The molecular weight excluding hydrogens is 512 g/mol. The fraction of sp³-hybridized carbons (Fsp3) is 0.241. The number of benzene rings is 3. The van der Waals surface area contributed by atoms with E-state index in [0.29, 0.717) is 22.3 Å². The average molecular weight is 543 g/mol. The SMILES string of the molecule is C/C(=N\NC(=O)CSc1nnc(-c2ccc(C(C)(C)C)cc2)n1-c1ccc(C)cc1)c1ccc([N+](=O)[O-])cc1. The van der Waals surface area contributed by atoms with Gasteiger partial charge in [-0.15, -0.1) is 10.2 Å². The zero-order valence-corrected chi connectivity index (χ0v) is 23.3. The highest BCUT2D eigenvalue weighted by Crippen LogP contribution is 2.30. The molecule has 0 saturated carbocycles. The first-order chi connectivity index (χ1) is 18.5. The zero-order valence-electron chi connectivity index (χ0n) is 22.5. The molecule has 39 heavy (non-hydrogen) atoms. The predicted octanol–water partition coefficient (Wildman–Crippen LogP) is 6.08. The van der Waals surface area contributed by atoms with Gasteiger partial charge in [-0.1, -0.05) is 74.5 Å². The quantitative estimate of drug-likeness (QED) is 0.125. The molecule has 0 aliphatic rings. The van der Waals surface area contributed by atoms with E-state index in [-0.39, 0.29) is 22.8 Å². The second kappa shape index (κ2) is 11.6. The van der Waals surface area contributed by atoms with Crippen LogP contribution in [0, 0.1) is 17.0 Å². The molecule has 0 atom stereocenters. The number of nitrogens with one attached hydrogen (secondary N) is 1. The van der Waals surface area contributed by atoms with Crippen LogP contribution in [-0.4, -0.2) is 37.1 Å². The number of thioether (sulfide) groups is 1. The van der Waals surface area contributed by atoms with E-state index >= 15 is 0 Å². The average Bonchev–Trinajstić information content (AvgIpc) is 3.34. The number of nitro benzene ring substituents is 1. The van der Waals surface area contributed by atoms with Crippen molar-refractivity contribution in [3.63, 3.8) is 0 Å². The molecule has 1 aromatic heterocycles. The zero-order chi connectivity index (χ0) is 28.2. The van der Waals surface area contributed by atoms with E-state index in [1.807, 2.05) is 47.9 Å². The predicted molar refractivity (Wildman–Crippen MR) is 154 cm³/mol. The lowest BCUT2D eigenvalue weighted by atomic mass is 9.87. The molecule has 3 aromatic carbocycles. The minimum Gasteiger partial charge on any atom is -0.272 e. The van der Waals surface area contributed by atoms with Crippen LogP contribution >= 0.6 is 11.8 Å². The van der Waals surface area contributed by atoms with Crippen LogP contribution in [0.5, 0.6) is 0 Å². The summed E-state index contributed by atoms with van der Waals surface area (Å²) in [4.78, 5) is 23.0. The fourth-order valence-electron chi connectivity index (χ4n) is 3.79. The number of aryl methyl sites for hydroxylation is 1. The van der Waals surface area contributed by atoms with Crippen LogP contribution in [0.3, 0.4) is 0 Å². The Kier molecular flexibility index (Phi) is 8.25. The molecule has 0 spiro atoms. The van der Waals surface area contributed by atoms with Gasteiger partial charge in [-0.2, -0.15) is 5.10 Å². The van der Waals surface area contributed by atoms with Crippen molar-refractivity contribution in [1.82, 2.24) is 20.2 Å². The maximum atomic E-state index is 12.6. The third-order valence-electron chi connectivity index (χ3n) is 6.11. The number of carbonyl (C=O) groups is 1. The molecule has 1 heterocycles. The van der Waals surface area contributed by atoms with Gasteiger partial charge in [-0.3, -0.25) is 19.5 Å². The van der Waals surface area contributed by atoms with E-state index in [4.69, 9.17) is 0 Å². The summed E-state index contributed by atoms with van der Waals surface area (Å²) in [7, 11) is 0. The number of hydrogen-bond donors (Lipinski definition) is 1. The van der Waals surface area contributed by atoms with Crippen molar-refractivity contribution in [2.45, 2.75) is 45.2 Å². The normalized spacial score (nSPS) is 11.9. The van der Waals surface area contributed by atoms with Crippen molar-refractivity contribution < 1.29 is 9.72 Å². The number of non-ortho nitro benzene ring substituents is 1. The smallest absolute Gasteiger partial charge is 0.269 e. The molecule has 0 fully saturated rings. The standard InChI is InChI=1S/C29H30N6O3S/c1-19-6-14-24(15-7-19)34-27(22-8-12-23(13-9-22)29(3,4)5)32-33-28(34)39-18-26(36)31-30-20(2)21-10-16-25(17-11-21)35(37)38/h6-17H,18H2,1-5H3,(H,31,36)/b30-20+. The number of amides is 1. The third-order valence-corrected chi connectivity index (χ3v) is 7.04. The van der Waals surface area contributed by atoms with E-state index in [2.05, 4.69) is 53.6 Å². The van der Waals surface area contributed by atoms with Crippen molar-refractivity contribution in [2.75, 3.05) is 5.75 Å². The molecule has 9 nitrogen and oxygen atoms in total. The van der Waals surface area contributed by atoms with Gasteiger partial charge in [0.2, 0.25) is 0 Å². The molecule has 4 rings (SSSR count). The summed E-state index contributed by atoms with van der Waals surface area (Å²) in [5.74, 6) is 0.453. The maximum absolute atomic E-state index is 12.6. The maximum Gasteiger partial charge on any atom is 0.269 e. The highest BCUT2D eigenvalue weighted by atomic mass is 32.2. The van der Waals surface area contributed by atoms with Crippen LogP contribution in [0.1, 0.15) is 44.4 Å². The van der Waals surface area contributed by atoms with Crippen molar-refractivity contribution in [3.05, 3.63) is 99.6 Å². The highest BCUT2D eigenvalue weighted by Gasteiger charge is 2.19. The number of nitrogens with zero attached hydrogens (tertiary/aromatic N) is 5. The van der Waals surface area contributed by atoms with E-state index in [9.17, 15) is 14.9 Å². The molecule has 0 bridgehead atoms. The van der Waals surface area contributed by atoms with Gasteiger partial charge in [-0.25, -0.2) is 5.43 Å². The first kappa shape index (κ1) is 27.7. The summed E-state index contributed by atoms with van der Waals surface area (Å²) < 4.78 is 1.95. The van der Waals surface area contributed by atoms with E-state index in [1.54, 1.807) is 19.1 Å². The molecule has 0 saturated heterocycles. The van der Waals surface area contributed by atoms with Gasteiger partial charge in [0.05, 0.1) is 16.4 Å². The Balaban J connectivity index is 1.52. The Morgan fingerprint density at radius 1 is 1.00 bits per heavy atom. The molecule has 1 amide bonds. The lowest BCUT2D eigenvalue weighted by Crippen LogP contribution is -2.21. The molecule has 10 heteroatoms. The lowest BCUT2D eigenvalue weighted by Gasteiger charge is -2.19. The molecule has 1 N–H and O–H groups in total. The molecule has 0 aliphatic heterocycles. The van der Waals surface area contributed by atoms with E-state index in [0.717, 1.165) is 16.8 Å². The van der Waals surface area contributed by atoms with Crippen molar-refractivity contribution in [3.8, 4) is 17.1 Å². The van der Waals surface area contributed by atoms with Crippen LogP contribution in [0.25, 0.3) is 17.1 Å². The molecule has 0 radical (unpaired) electrons. The fourth-order valence-corrected chi connectivity index (χ4v) is 4.54. The monoisotopic (exact) mass is 542 g/mol. The van der Waals surface area contributed by atoms with Crippen molar-refractivity contribution >= 4 is 29.1 Å². The largest absolute Gasteiger partial charge is 0.272 e. The van der Waals surface area contributed by atoms with Gasteiger partial charge >= 0.3 is 0 Å². The van der Waals surface area contributed by atoms with Crippen LogP contribution < -0.4 is 5.43 Å². The minimum atomic E-state index is -0.461.